The number of aromatic nitrogens is 4. The van der Waals surface area contributed by atoms with Crippen molar-refractivity contribution in [2.75, 3.05) is 5.32 Å². The summed E-state index contributed by atoms with van der Waals surface area (Å²) in [6.07, 6.45) is 0. The fourth-order valence-corrected chi connectivity index (χ4v) is 2.38. The minimum atomic E-state index is -0.554. The molecule has 0 aliphatic carbocycles. The molecule has 3 rings (SSSR count). The Balaban J connectivity index is 1.62. The molecule has 1 aromatic heterocycles. The lowest BCUT2D eigenvalue weighted by Gasteiger charge is -2.08. The average molecular weight is 366 g/mol. The summed E-state index contributed by atoms with van der Waals surface area (Å²) in [5.41, 5.74) is 6.51. The number of primary amides is 1. The predicted molar refractivity (Wildman–Crippen MR) is 97.2 cm³/mol. The van der Waals surface area contributed by atoms with Gasteiger partial charge in [0.05, 0.1) is 0 Å². The van der Waals surface area contributed by atoms with Gasteiger partial charge in [-0.25, -0.2) is 4.68 Å². The first-order valence-corrected chi connectivity index (χ1v) is 8.26. The van der Waals surface area contributed by atoms with E-state index in [2.05, 4.69) is 20.8 Å². The molecule has 9 nitrogen and oxygen atoms in total. The summed E-state index contributed by atoms with van der Waals surface area (Å²) >= 11 is 0. The standard InChI is InChI=1S/C18H18N6O3/c1-2-24-16(21-22-23-24)11-27-15-8-6-12(7-9-15)18(26)20-14-5-3-4-13(10-14)17(19)25/h3-10H,2,11H2,1H3,(H2,19,25)(H,20,26). The molecule has 0 radical (unpaired) electrons. The van der Waals surface area contributed by atoms with Gasteiger partial charge in [-0.3, -0.25) is 9.59 Å². The molecule has 0 aliphatic heterocycles. The molecule has 0 atom stereocenters. The van der Waals surface area contributed by atoms with Gasteiger partial charge in [-0.1, -0.05) is 6.07 Å². The van der Waals surface area contributed by atoms with Gasteiger partial charge in [0.2, 0.25) is 5.91 Å². The minimum absolute atomic E-state index is 0.228. The van der Waals surface area contributed by atoms with Gasteiger partial charge in [-0.2, -0.15) is 0 Å². The zero-order chi connectivity index (χ0) is 19.2. The van der Waals surface area contributed by atoms with Crippen molar-refractivity contribution in [3.8, 4) is 5.75 Å². The number of rotatable bonds is 7. The smallest absolute Gasteiger partial charge is 0.255 e. The van der Waals surface area contributed by atoms with E-state index in [9.17, 15) is 9.59 Å². The highest BCUT2D eigenvalue weighted by Crippen LogP contribution is 2.16. The lowest BCUT2D eigenvalue weighted by Crippen LogP contribution is -2.14. The van der Waals surface area contributed by atoms with Crippen LogP contribution in [0, 0.1) is 0 Å². The van der Waals surface area contributed by atoms with Gasteiger partial charge < -0.3 is 15.8 Å². The van der Waals surface area contributed by atoms with E-state index in [1.165, 1.54) is 6.07 Å². The molecule has 2 aromatic carbocycles. The zero-order valence-corrected chi connectivity index (χ0v) is 14.6. The molecule has 0 saturated heterocycles. The van der Waals surface area contributed by atoms with Crippen LogP contribution in [0.3, 0.4) is 0 Å². The third kappa shape index (κ3) is 4.46. The van der Waals surface area contributed by atoms with Gasteiger partial charge in [0.15, 0.2) is 5.82 Å². The van der Waals surface area contributed by atoms with Crippen molar-refractivity contribution in [2.45, 2.75) is 20.1 Å². The number of nitrogens with zero attached hydrogens (tertiary/aromatic N) is 4. The topological polar surface area (TPSA) is 125 Å². The van der Waals surface area contributed by atoms with Crippen LogP contribution in [0.2, 0.25) is 0 Å². The summed E-state index contributed by atoms with van der Waals surface area (Å²) in [6, 6.07) is 13.1. The fraction of sp³-hybridized carbons (Fsp3) is 0.167. The van der Waals surface area contributed by atoms with Crippen LogP contribution < -0.4 is 15.8 Å². The molecule has 0 bridgehead atoms. The van der Waals surface area contributed by atoms with E-state index in [-0.39, 0.29) is 12.5 Å². The third-order valence-electron chi connectivity index (χ3n) is 3.79. The number of nitrogens with two attached hydrogens (primary N) is 1. The molecule has 0 fully saturated rings. The van der Waals surface area contributed by atoms with Crippen LogP contribution in [0.5, 0.6) is 5.75 Å². The zero-order valence-electron chi connectivity index (χ0n) is 14.6. The van der Waals surface area contributed by atoms with E-state index in [4.69, 9.17) is 10.5 Å². The predicted octanol–water partition coefficient (Wildman–Crippen LogP) is 1.62. The molecule has 1 heterocycles. The molecule has 9 heteroatoms. The highest BCUT2D eigenvalue weighted by Gasteiger charge is 2.09. The van der Waals surface area contributed by atoms with Crippen LogP contribution in [0.1, 0.15) is 33.5 Å². The molecule has 0 saturated carbocycles. The van der Waals surface area contributed by atoms with Gasteiger partial charge >= 0.3 is 0 Å². The van der Waals surface area contributed by atoms with Crippen molar-refractivity contribution >= 4 is 17.5 Å². The molecule has 0 unspecified atom stereocenters. The maximum atomic E-state index is 12.3. The first kappa shape index (κ1) is 18.1. The number of carbonyl (C=O) groups is 2. The number of anilines is 1. The van der Waals surface area contributed by atoms with Crippen LogP contribution >= 0.6 is 0 Å². The number of tetrazole rings is 1. The number of hydrogen-bond acceptors (Lipinski definition) is 6. The van der Waals surface area contributed by atoms with E-state index in [0.717, 1.165) is 0 Å². The summed E-state index contributed by atoms with van der Waals surface area (Å²) in [7, 11) is 0. The van der Waals surface area contributed by atoms with Crippen molar-refractivity contribution in [1.82, 2.24) is 20.2 Å². The number of nitrogens with one attached hydrogen (secondary N) is 1. The van der Waals surface area contributed by atoms with E-state index < -0.39 is 5.91 Å². The number of carbonyl (C=O) groups excluding carboxylic acids is 2. The third-order valence-corrected chi connectivity index (χ3v) is 3.79. The van der Waals surface area contributed by atoms with Crippen molar-refractivity contribution in [1.29, 1.82) is 0 Å². The number of hydrogen-bond donors (Lipinski definition) is 2. The molecule has 138 valence electrons. The lowest BCUT2D eigenvalue weighted by atomic mass is 10.1. The Hall–Kier alpha value is -3.75. The maximum Gasteiger partial charge on any atom is 0.255 e. The maximum absolute atomic E-state index is 12.3. The van der Waals surface area contributed by atoms with E-state index in [1.54, 1.807) is 47.1 Å². The molecule has 0 spiro atoms. The summed E-state index contributed by atoms with van der Waals surface area (Å²) in [6.45, 7) is 2.82. The second kappa shape index (κ2) is 8.09. The highest BCUT2D eigenvalue weighted by atomic mass is 16.5. The Kier molecular flexibility index (Phi) is 5.41. The first-order chi connectivity index (χ1) is 13.1. The van der Waals surface area contributed by atoms with Crippen LogP contribution in [-0.4, -0.2) is 32.0 Å². The Morgan fingerprint density at radius 2 is 1.93 bits per heavy atom. The highest BCUT2D eigenvalue weighted by molar-refractivity contribution is 6.05. The lowest BCUT2D eigenvalue weighted by molar-refractivity contribution is 0.0996. The quantitative estimate of drug-likeness (QED) is 0.654. The Morgan fingerprint density at radius 3 is 2.63 bits per heavy atom. The fourth-order valence-electron chi connectivity index (χ4n) is 2.38. The largest absolute Gasteiger partial charge is 0.486 e. The van der Waals surface area contributed by atoms with Crippen LogP contribution in [0.4, 0.5) is 5.69 Å². The summed E-state index contributed by atoms with van der Waals surface area (Å²) in [5.74, 6) is 0.349. The van der Waals surface area contributed by atoms with Gasteiger partial charge in [0, 0.05) is 23.4 Å². The Labute approximate surface area is 155 Å². The molecule has 2 amide bonds. The van der Waals surface area contributed by atoms with Gasteiger partial charge in [0.1, 0.15) is 12.4 Å². The summed E-state index contributed by atoms with van der Waals surface area (Å²) in [4.78, 5) is 23.6. The van der Waals surface area contributed by atoms with Crippen LogP contribution in [0.15, 0.2) is 48.5 Å². The van der Waals surface area contributed by atoms with Crippen LogP contribution in [-0.2, 0) is 13.2 Å². The van der Waals surface area contributed by atoms with Crippen LogP contribution in [0.25, 0.3) is 0 Å². The van der Waals surface area contributed by atoms with Crippen molar-refractivity contribution < 1.29 is 14.3 Å². The second-order valence-electron chi connectivity index (χ2n) is 5.62. The van der Waals surface area contributed by atoms with E-state index in [0.29, 0.717) is 34.9 Å². The SMILES string of the molecule is CCn1nnnc1COc1ccc(C(=O)Nc2cccc(C(N)=O)c2)cc1. The molecule has 3 N–H and O–H groups in total. The number of ether oxygens (including phenoxy) is 1. The normalized spacial score (nSPS) is 10.4. The van der Waals surface area contributed by atoms with Crippen molar-refractivity contribution in [2.24, 2.45) is 5.73 Å². The monoisotopic (exact) mass is 366 g/mol. The number of amides is 2. The summed E-state index contributed by atoms with van der Waals surface area (Å²) < 4.78 is 7.28. The first-order valence-electron chi connectivity index (χ1n) is 8.26. The van der Waals surface area contributed by atoms with E-state index in [1.807, 2.05) is 6.92 Å². The minimum Gasteiger partial charge on any atom is -0.486 e. The average Bonchev–Trinajstić information content (AvgIpc) is 3.14. The Bertz CT molecular complexity index is 952. The summed E-state index contributed by atoms with van der Waals surface area (Å²) in [5, 5.41) is 14.1. The molecular formula is C18H18N6O3. The Morgan fingerprint density at radius 1 is 1.15 bits per heavy atom. The van der Waals surface area contributed by atoms with Gasteiger partial charge in [-0.05, 0) is 59.8 Å². The van der Waals surface area contributed by atoms with Crippen molar-refractivity contribution in [3.05, 3.63) is 65.5 Å². The second-order valence-corrected chi connectivity index (χ2v) is 5.62. The molecular weight excluding hydrogens is 348 g/mol. The number of benzene rings is 2. The molecule has 3 aromatic rings. The molecule has 27 heavy (non-hydrogen) atoms. The van der Waals surface area contributed by atoms with E-state index >= 15 is 0 Å². The van der Waals surface area contributed by atoms with Gasteiger partial charge in [0.25, 0.3) is 5.91 Å². The number of aryl methyl sites for hydroxylation is 1. The van der Waals surface area contributed by atoms with Crippen molar-refractivity contribution in [3.63, 3.8) is 0 Å². The van der Waals surface area contributed by atoms with Gasteiger partial charge in [-0.15, -0.1) is 5.10 Å². The molecule has 0 aliphatic rings.